The van der Waals surface area contributed by atoms with E-state index in [9.17, 15) is 0 Å². The molecule has 0 saturated carbocycles. The third-order valence-electron chi connectivity index (χ3n) is 9.20. The number of para-hydroxylation sites is 2. The highest BCUT2D eigenvalue weighted by Gasteiger charge is 2.20. The van der Waals surface area contributed by atoms with Gasteiger partial charge in [-0.2, -0.15) is 0 Å². The summed E-state index contributed by atoms with van der Waals surface area (Å²) in [5.74, 6) is 0. The van der Waals surface area contributed by atoms with Crippen molar-refractivity contribution in [2.45, 2.75) is 0 Å². The minimum Gasteiger partial charge on any atom is -0.456 e. The number of nitrogens with zero attached hydrogens (tertiary/aromatic N) is 1. The summed E-state index contributed by atoms with van der Waals surface area (Å²) in [6, 6.07) is 54.8. The van der Waals surface area contributed by atoms with Gasteiger partial charge >= 0.3 is 0 Å². The fourth-order valence-corrected chi connectivity index (χ4v) is 8.38. The molecule has 8 aromatic carbocycles. The Labute approximate surface area is 263 Å². The van der Waals surface area contributed by atoms with Crippen LogP contribution in [0.1, 0.15) is 0 Å². The standard InChI is InChI=1S/C42H25NOS/c1-2-9-29(10-3-1)43(34-13-8-16-38-41(34)33-12-5-7-15-37(33)45-38)30-22-23-31-28(25-30)20-19-26-17-18-27-21-24-36-42(40(27)39(26)31)32-11-4-6-14-35(32)44-36/h1-25H. The van der Waals surface area contributed by atoms with Gasteiger partial charge in [0.2, 0.25) is 0 Å². The van der Waals surface area contributed by atoms with E-state index in [1.165, 1.54) is 63.6 Å². The highest BCUT2D eigenvalue weighted by Crippen LogP contribution is 2.46. The molecule has 0 radical (unpaired) electrons. The van der Waals surface area contributed by atoms with Crippen LogP contribution in [0.3, 0.4) is 0 Å². The van der Waals surface area contributed by atoms with E-state index in [4.69, 9.17) is 4.42 Å². The van der Waals surface area contributed by atoms with E-state index in [1.807, 2.05) is 17.4 Å². The number of hydrogen-bond acceptors (Lipinski definition) is 3. The third kappa shape index (κ3) is 3.62. The lowest BCUT2D eigenvalue weighted by molar-refractivity contribution is 0.669. The normalized spacial score (nSPS) is 12.0. The summed E-state index contributed by atoms with van der Waals surface area (Å²) < 4.78 is 8.93. The van der Waals surface area contributed by atoms with Gasteiger partial charge in [0.1, 0.15) is 11.2 Å². The van der Waals surface area contributed by atoms with E-state index in [1.54, 1.807) is 0 Å². The van der Waals surface area contributed by atoms with E-state index in [0.29, 0.717) is 0 Å². The average Bonchev–Trinajstić information content (AvgIpc) is 3.67. The molecule has 2 heterocycles. The molecule has 0 aliphatic heterocycles. The molecule has 0 amide bonds. The first kappa shape index (κ1) is 24.8. The van der Waals surface area contributed by atoms with E-state index >= 15 is 0 Å². The van der Waals surface area contributed by atoms with Crippen molar-refractivity contribution in [1.82, 2.24) is 0 Å². The average molecular weight is 592 g/mol. The maximum absolute atomic E-state index is 6.32. The fourth-order valence-electron chi connectivity index (χ4n) is 7.26. The van der Waals surface area contributed by atoms with E-state index < -0.39 is 0 Å². The van der Waals surface area contributed by atoms with Crippen LogP contribution in [0.2, 0.25) is 0 Å². The molecule has 0 N–H and O–H groups in total. The zero-order valence-corrected chi connectivity index (χ0v) is 25.0. The number of thiophene rings is 1. The van der Waals surface area contributed by atoms with Crippen molar-refractivity contribution in [1.29, 1.82) is 0 Å². The summed E-state index contributed by atoms with van der Waals surface area (Å²) in [5.41, 5.74) is 5.31. The number of anilines is 3. The molecule has 10 rings (SSSR count). The predicted octanol–water partition coefficient (Wildman–Crippen LogP) is 12.9. The fraction of sp³-hybridized carbons (Fsp3) is 0. The topological polar surface area (TPSA) is 16.4 Å². The Hall–Kier alpha value is -5.64. The van der Waals surface area contributed by atoms with Gasteiger partial charge in [0, 0.05) is 47.7 Å². The van der Waals surface area contributed by atoms with Gasteiger partial charge in [0.25, 0.3) is 0 Å². The molecule has 2 nitrogen and oxygen atoms in total. The van der Waals surface area contributed by atoms with Crippen molar-refractivity contribution in [3.63, 3.8) is 0 Å². The first-order chi connectivity index (χ1) is 22.3. The Bertz CT molecular complexity index is 2770. The quantitative estimate of drug-likeness (QED) is 0.190. The van der Waals surface area contributed by atoms with Gasteiger partial charge in [0.05, 0.1) is 5.69 Å². The van der Waals surface area contributed by atoms with Crippen LogP contribution in [-0.2, 0) is 0 Å². The Morgan fingerprint density at radius 3 is 2.00 bits per heavy atom. The van der Waals surface area contributed by atoms with Crippen LogP contribution in [-0.4, -0.2) is 0 Å². The summed E-state index contributed by atoms with van der Waals surface area (Å²) in [4.78, 5) is 2.41. The molecule has 0 unspecified atom stereocenters. The summed E-state index contributed by atoms with van der Waals surface area (Å²) in [7, 11) is 0. The highest BCUT2D eigenvalue weighted by atomic mass is 32.1. The Morgan fingerprint density at radius 2 is 1.11 bits per heavy atom. The maximum atomic E-state index is 6.32. The molecule has 2 aromatic heterocycles. The maximum Gasteiger partial charge on any atom is 0.136 e. The van der Waals surface area contributed by atoms with E-state index in [0.717, 1.165) is 27.9 Å². The zero-order valence-electron chi connectivity index (χ0n) is 24.2. The van der Waals surface area contributed by atoms with Gasteiger partial charge in [-0.1, -0.05) is 97.1 Å². The van der Waals surface area contributed by atoms with Crippen molar-refractivity contribution in [3.05, 3.63) is 152 Å². The molecular formula is C42H25NOS. The van der Waals surface area contributed by atoms with Gasteiger partial charge in [-0.25, -0.2) is 0 Å². The monoisotopic (exact) mass is 591 g/mol. The number of hydrogen-bond donors (Lipinski definition) is 0. The SMILES string of the molecule is c1ccc(N(c2ccc3c(ccc4ccc5ccc6oc7ccccc7c6c5c43)c2)c2cccc3sc4ccccc4c23)cc1. The minimum atomic E-state index is 0.924. The first-order valence-corrected chi connectivity index (χ1v) is 16.1. The molecule has 0 aliphatic carbocycles. The van der Waals surface area contributed by atoms with Crippen molar-refractivity contribution >= 4 is 103 Å². The molecule has 0 spiro atoms. The van der Waals surface area contributed by atoms with E-state index in [2.05, 4.69) is 150 Å². The molecule has 3 heteroatoms. The largest absolute Gasteiger partial charge is 0.456 e. The summed E-state index contributed by atoms with van der Waals surface area (Å²) in [6.45, 7) is 0. The second-order valence-corrected chi connectivity index (χ2v) is 12.8. The molecule has 45 heavy (non-hydrogen) atoms. The van der Waals surface area contributed by atoms with Gasteiger partial charge in [-0.15, -0.1) is 11.3 Å². The second kappa shape index (κ2) is 9.43. The van der Waals surface area contributed by atoms with Crippen molar-refractivity contribution in [3.8, 4) is 0 Å². The molecule has 0 saturated heterocycles. The molecule has 0 bridgehead atoms. The summed E-state index contributed by atoms with van der Waals surface area (Å²) in [5, 5.41) is 12.4. The number of benzene rings is 8. The van der Waals surface area contributed by atoms with Crippen molar-refractivity contribution in [2.75, 3.05) is 4.90 Å². The van der Waals surface area contributed by atoms with Crippen LogP contribution in [0.15, 0.2) is 156 Å². The molecule has 210 valence electrons. The van der Waals surface area contributed by atoms with Gasteiger partial charge in [0.15, 0.2) is 0 Å². The van der Waals surface area contributed by atoms with Crippen LogP contribution < -0.4 is 4.90 Å². The summed E-state index contributed by atoms with van der Waals surface area (Å²) in [6.07, 6.45) is 0. The van der Waals surface area contributed by atoms with Crippen LogP contribution in [0.25, 0.3) is 74.4 Å². The number of rotatable bonds is 3. The molecule has 0 aliphatic rings. The van der Waals surface area contributed by atoms with Gasteiger partial charge < -0.3 is 9.32 Å². The second-order valence-electron chi connectivity index (χ2n) is 11.7. The van der Waals surface area contributed by atoms with Crippen molar-refractivity contribution < 1.29 is 4.42 Å². The minimum absolute atomic E-state index is 0.924. The molecule has 0 atom stereocenters. The van der Waals surface area contributed by atoms with Crippen LogP contribution in [0, 0.1) is 0 Å². The highest BCUT2D eigenvalue weighted by molar-refractivity contribution is 7.26. The van der Waals surface area contributed by atoms with Crippen LogP contribution >= 0.6 is 11.3 Å². The van der Waals surface area contributed by atoms with Crippen LogP contribution in [0.5, 0.6) is 0 Å². The smallest absolute Gasteiger partial charge is 0.136 e. The van der Waals surface area contributed by atoms with Crippen LogP contribution in [0.4, 0.5) is 17.1 Å². The molecular weight excluding hydrogens is 567 g/mol. The lowest BCUT2D eigenvalue weighted by Crippen LogP contribution is -2.10. The predicted molar refractivity (Wildman–Crippen MR) is 194 cm³/mol. The Balaban J connectivity index is 1.27. The first-order valence-electron chi connectivity index (χ1n) is 15.3. The Kier molecular flexibility index (Phi) is 5.19. The summed E-state index contributed by atoms with van der Waals surface area (Å²) >= 11 is 1.86. The zero-order chi connectivity index (χ0) is 29.5. The van der Waals surface area contributed by atoms with Crippen molar-refractivity contribution in [2.24, 2.45) is 0 Å². The molecule has 0 fully saturated rings. The lowest BCUT2D eigenvalue weighted by Gasteiger charge is -2.27. The third-order valence-corrected chi connectivity index (χ3v) is 10.3. The molecule has 10 aromatic rings. The number of furan rings is 1. The van der Waals surface area contributed by atoms with Gasteiger partial charge in [-0.3, -0.25) is 0 Å². The number of fused-ring (bicyclic) bond motifs is 12. The van der Waals surface area contributed by atoms with Gasteiger partial charge in [-0.05, 0) is 81.5 Å². The van der Waals surface area contributed by atoms with E-state index in [-0.39, 0.29) is 0 Å². The lowest BCUT2D eigenvalue weighted by atomic mass is 9.93. The Morgan fingerprint density at radius 1 is 0.400 bits per heavy atom.